The second-order valence-corrected chi connectivity index (χ2v) is 4.65. The van der Waals surface area contributed by atoms with E-state index >= 15 is 0 Å². The first-order chi connectivity index (χ1) is 9.93. The van der Waals surface area contributed by atoms with Crippen LogP contribution in [0.5, 0.6) is 5.75 Å². The first kappa shape index (κ1) is 17.8. The van der Waals surface area contributed by atoms with Gasteiger partial charge in [0.1, 0.15) is 11.3 Å². The van der Waals surface area contributed by atoms with Gasteiger partial charge in [0.05, 0.1) is 7.11 Å². The number of carbonyl (C=O) groups is 2. The monoisotopic (exact) mass is 321 g/mol. The minimum absolute atomic E-state index is 0.100. The van der Waals surface area contributed by atoms with E-state index in [0.717, 1.165) is 12.1 Å². The molecule has 0 saturated heterocycles. The van der Waals surface area contributed by atoms with E-state index in [9.17, 15) is 27.9 Å². The molecule has 6 nitrogen and oxygen atoms in total. The number of amides is 1. The Kier molecular flexibility index (Phi) is 4.71. The number of aromatic carboxylic acids is 1. The molecule has 0 aliphatic rings. The third-order valence-corrected chi connectivity index (χ3v) is 3.08. The highest BCUT2D eigenvalue weighted by atomic mass is 19.4. The summed E-state index contributed by atoms with van der Waals surface area (Å²) in [6.07, 6.45) is -5.16. The molecule has 0 heterocycles. The van der Waals surface area contributed by atoms with E-state index in [2.05, 4.69) is 0 Å². The second-order valence-electron chi connectivity index (χ2n) is 4.65. The van der Waals surface area contributed by atoms with Crippen LogP contribution in [0.25, 0.3) is 0 Å². The number of benzene rings is 1. The Hall–Kier alpha value is -2.29. The molecule has 0 aromatic heterocycles. The van der Waals surface area contributed by atoms with Gasteiger partial charge in [-0.25, -0.2) is 4.79 Å². The molecule has 22 heavy (non-hydrogen) atoms. The molecule has 9 heteroatoms. The number of carboxylic acid groups (broad SMARTS) is 1. The number of ether oxygens (including phenoxy) is 1. The van der Waals surface area contributed by atoms with Gasteiger partial charge >= 0.3 is 12.1 Å². The molecule has 1 aromatic rings. The van der Waals surface area contributed by atoms with E-state index < -0.39 is 23.7 Å². The maximum atomic E-state index is 12.6. The lowest BCUT2D eigenvalue weighted by molar-refractivity contribution is -0.242. The van der Waals surface area contributed by atoms with E-state index in [4.69, 9.17) is 9.84 Å². The zero-order valence-corrected chi connectivity index (χ0v) is 11.9. The highest BCUT2D eigenvalue weighted by Gasteiger charge is 2.55. The van der Waals surface area contributed by atoms with Crippen LogP contribution < -0.4 is 10.1 Å². The Bertz CT molecular complexity index is 610. The summed E-state index contributed by atoms with van der Waals surface area (Å²) in [5, 5.41) is 20.2. The van der Waals surface area contributed by atoms with Crippen molar-refractivity contribution >= 4 is 17.6 Å². The zero-order valence-electron chi connectivity index (χ0n) is 11.9. The average molecular weight is 321 g/mol. The summed E-state index contributed by atoms with van der Waals surface area (Å²) in [5.74, 6) is -3.08. The van der Waals surface area contributed by atoms with Gasteiger partial charge < -0.3 is 20.3 Å². The van der Waals surface area contributed by atoms with Crippen molar-refractivity contribution in [2.75, 3.05) is 12.4 Å². The molecule has 1 atom stereocenters. The second kappa shape index (κ2) is 5.84. The Labute approximate surface area is 123 Å². The summed E-state index contributed by atoms with van der Waals surface area (Å²) in [6, 6.07) is 2.19. The number of carbonyl (C=O) groups excluding carboxylic acids is 1. The third-order valence-electron chi connectivity index (χ3n) is 3.08. The number of alkyl halides is 3. The molecule has 0 radical (unpaired) electrons. The minimum Gasteiger partial charge on any atom is -0.495 e. The molecule has 0 saturated carbocycles. The fourth-order valence-corrected chi connectivity index (χ4v) is 1.63. The molecule has 0 fully saturated rings. The zero-order chi connectivity index (χ0) is 17.3. The predicted octanol–water partition coefficient (Wildman–Crippen LogP) is 1.95. The van der Waals surface area contributed by atoms with Crippen molar-refractivity contribution in [3.05, 3.63) is 23.3 Å². The molecule has 1 rings (SSSR count). The molecule has 122 valence electrons. The van der Waals surface area contributed by atoms with E-state index in [0.29, 0.717) is 6.92 Å². The molecule has 1 aromatic carbocycles. The van der Waals surface area contributed by atoms with E-state index in [1.807, 2.05) is 5.32 Å². The summed E-state index contributed by atoms with van der Waals surface area (Å²) in [5.41, 5.74) is -3.77. The normalized spacial score (nSPS) is 14.1. The number of methoxy groups -OCH3 is 1. The number of anilines is 1. The van der Waals surface area contributed by atoms with Crippen molar-refractivity contribution in [3.63, 3.8) is 0 Å². The molecule has 0 aliphatic heterocycles. The van der Waals surface area contributed by atoms with E-state index in [-0.39, 0.29) is 22.6 Å². The summed E-state index contributed by atoms with van der Waals surface area (Å²) >= 11 is 0. The van der Waals surface area contributed by atoms with Gasteiger partial charge in [-0.2, -0.15) is 13.2 Å². The number of rotatable bonds is 4. The maximum absolute atomic E-state index is 12.6. The fraction of sp³-hybridized carbons (Fsp3) is 0.385. The van der Waals surface area contributed by atoms with Crippen LogP contribution in [0.4, 0.5) is 18.9 Å². The van der Waals surface area contributed by atoms with Crippen LogP contribution >= 0.6 is 0 Å². The van der Waals surface area contributed by atoms with Crippen LogP contribution in [0.1, 0.15) is 22.8 Å². The molecule has 3 N–H and O–H groups in total. The molecular weight excluding hydrogens is 307 g/mol. The highest BCUT2D eigenvalue weighted by Crippen LogP contribution is 2.33. The molecular formula is C13H14F3NO5. The topological polar surface area (TPSA) is 95.9 Å². The van der Waals surface area contributed by atoms with E-state index in [1.165, 1.54) is 14.0 Å². The van der Waals surface area contributed by atoms with Crippen molar-refractivity contribution < 1.29 is 37.7 Å². The standard InChI is InChI=1S/C13H14F3NO5/c1-6-8(5-4-7(10(18)19)9(6)22-3)17-11(20)12(2,21)13(14,15)16/h4-5,21H,1-3H3,(H,17,20)(H,18,19). The van der Waals surface area contributed by atoms with Crippen LogP contribution in [0.3, 0.4) is 0 Å². The van der Waals surface area contributed by atoms with Crippen LogP contribution in [0.2, 0.25) is 0 Å². The van der Waals surface area contributed by atoms with Gasteiger partial charge in [0.25, 0.3) is 5.91 Å². The number of hydrogen-bond acceptors (Lipinski definition) is 4. The molecule has 0 spiro atoms. The highest BCUT2D eigenvalue weighted by molar-refractivity contribution is 5.99. The molecule has 0 bridgehead atoms. The van der Waals surface area contributed by atoms with Crippen molar-refractivity contribution in [1.82, 2.24) is 0 Å². The summed E-state index contributed by atoms with van der Waals surface area (Å²) in [6.45, 7) is 1.68. The molecule has 0 aliphatic carbocycles. The lowest BCUT2D eigenvalue weighted by Crippen LogP contribution is -2.52. The number of aliphatic hydroxyl groups is 1. The van der Waals surface area contributed by atoms with Crippen LogP contribution in [-0.4, -0.2) is 41.0 Å². The number of hydrogen-bond donors (Lipinski definition) is 3. The van der Waals surface area contributed by atoms with Crippen molar-refractivity contribution in [2.45, 2.75) is 25.6 Å². The predicted molar refractivity (Wildman–Crippen MR) is 70.0 cm³/mol. The van der Waals surface area contributed by atoms with Crippen LogP contribution in [0.15, 0.2) is 12.1 Å². The smallest absolute Gasteiger partial charge is 0.426 e. The Morgan fingerprint density at radius 3 is 2.23 bits per heavy atom. The van der Waals surface area contributed by atoms with Crippen LogP contribution in [0, 0.1) is 6.92 Å². The Morgan fingerprint density at radius 1 is 1.27 bits per heavy atom. The Balaban J connectivity index is 3.21. The van der Waals surface area contributed by atoms with Crippen molar-refractivity contribution in [1.29, 1.82) is 0 Å². The third kappa shape index (κ3) is 3.14. The number of nitrogens with one attached hydrogen (secondary N) is 1. The van der Waals surface area contributed by atoms with Gasteiger partial charge in [0, 0.05) is 11.3 Å². The SMILES string of the molecule is COc1c(C(=O)O)ccc(NC(=O)C(C)(O)C(F)(F)F)c1C. The fourth-order valence-electron chi connectivity index (χ4n) is 1.63. The van der Waals surface area contributed by atoms with Gasteiger partial charge in [0.2, 0.25) is 5.60 Å². The minimum atomic E-state index is -5.16. The van der Waals surface area contributed by atoms with Gasteiger partial charge in [-0.1, -0.05) is 0 Å². The quantitative estimate of drug-likeness (QED) is 0.788. The van der Waals surface area contributed by atoms with Crippen molar-refractivity contribution in [2.24, 2.45) is 0 Å². The summed E-state index contributed by atoms with van der Waals surface area (Å²) < 4.78 is 42.7. The lowest BCUT2D eigenvalue weighted by atomic mass is 10.0. The Morgan fingerprint density at radius 2 is 1.82 bits per heavy atom. The van der Waals surface area contributed by atoms with E-state index in [1.54, 1.807) is 0 Å². The number of carboxylic acids is 1. The van der Waals surface area contributed by atoms with Crippen molar-refractivity contribution in [3.8, 4) is 5.75 Å². The van der Waals surface area contributed by atoms with Gasteiger partial charge in [-0.05, 0) is 26.0 Å². The molecule has 1 amide bonds. The van der Waals surface area contributed by atoms with Crippen LogP contribution in [-0.2, 0) is 4.79 Å². The summed E-state index contributed by atoms with van der Waals surface area (Å²) in [4.78, 5) is 22.6. The first-order valence-electron chi connectivity index (χ1n) is 5.95. The lowest BCUT2D eigenvalue weighted by Gasteiger charge is -2.25. The summed E-state index contributed by atoms with van der Waals surface area (Å²) in [7, 11) is 1.19. The van der Waals surface area contributed by atoms with Gasteiger partial charge in [0.15, 0.2) is 0 Å². The number of halogens is 3. The van der Waals surface area contributed by atoms with Gasteiger partial charge in [-0.3, -0.25) is 4.79 Å². The first-order valence-corrected chi connectivity index (χ1v) is 5.95. The largest absolute Gasteiger partial charge is 0.495 e. The van der Waals surface area contributed by atoms with Gasteiger partial charge in [-0.15, -0.1) is 0 Å². The average Bonchev–Trinajstić information content (AvgIpc) is 2.38. The maximum Gasteiger partial charge on any atom is 0.426 e. The molecule has 1 unspecified atom stereocenters.